The molecule has 4 saturated heterocycles. The third kappa shape index (κ3) is 8.03. The summed E-state index contributed by atoms with van der Waals surface area (Å²) in [6.07, 6.45) is 4.94. The molecule has 1 saturated carbocycles. The number of hydrogen-bond donors (Lipinski definition) is 7. The lowest BCUT2D eigenvalue weighted by atomic mass is 9.60. The van der Waals surface area contributed by atoms with Gasteiger partial charge in [-0.25, -0.2) is 4.79 Å². The smallest absolute Gasteiger partial charge is 0.335 e. The number of carbonyl (C=O) groups excluding carboxylic acids is 2. The van der Waals surface area contributed by atoms with E-state index in [0.717, 1.165) is 58.2 Å². The van der Waals surface area contributed by atoms with Gasteiger partial charge in [0.25, 0.3) is 0 Å². The highest BCUT2D eigenvalue weighted by molar-refractivity contribution is 5.89. The van der Waals surface area contributed by atoms with E-state index in [2.05, 4.69) is 16.0 Å². The zero-order valence-electron chi connectivity index (χ0n) is 28.0. The number of esters is 1. The Morgan fingerprint density at radius 2 is 1.96 bits per heavy atom. The number of rotatable bonds is 11. The lowest BCUT2D eigenvalue weighted by Crippen LogP contribution is -2.68. The van der Waals surface area contributed by atoms with Crippen molar-refractivity contribution in [2.75, 3.05) is 32.8 Å². The van der Waals surface area contributed by atoms with Gasteiger partial charge in [0.15, 0.2) is 0 Å². The zero-order valence-corrected chi connectivity index (χ0v) is 28.0. The summed E-state index contributed by atoms with van der Waals surface area (Å²) in [6, 6.07) is 0. The first kappa shape index (κ1) is 35.8. The number of ether oxygens (including phenoxy) is 3. The van der Waals surface area contributed by atoms with Crippen molar-refractivity contribution in [3.05, 3.63) is 11.6 Å². The van der Waals surface area contributed by atoms with Crippen LogP contribution in [0.15, 0.2) is 11.6 Å². The number of likely N-dealkylation sites (N-methyl/N-ethyl adjacent to an activating group) is 1. The molecule has 4 aliphatic heterocycles. The average molecular weight is 650 g/mol. The Balaban J connectivity index is 1.45. The summed E-state index contributed by atoms with van der Waals surface area (Å²) < 4.78 is 19.9. The van der Waals surface area contributed by atoms with Gasteiger partial charge < -0.3 is 51.8 Å². The van der Waals surface area contributed by atoms with Gasteiger partial charge in [-0.2, -0.15) is 0 Å². The van der Waals surface area contributed by atoms with E-state index in [9.17, 15) is 19.8 Å². The lowest BCUT2D eigenvalue weighted by molar-refractivity contribution is -0.286. The Kier molecular flexibility index (Phi) is 12.3. The minimum Gasteiger partial charge on any atom is -0.456 e. The number of nitrogens with two attached hydrogens (primary N) is 2. The molecule has 0 spiro atoms. The molecular weight excluding hydrogens is 590 g/mol. The van der Waals surface area contributed by atoms with Crippen LogP contribution in [0.1, 0.15) is 78.6 Å². The highest BCUT2D eigenvalue weighted by Crippen LogP contribution is 2.52. The lowest BCUT2D eigenvalue weighted by Gasteiger charge is -2.58. The predicted molar refractivity (Wildman–Crippen MR) is 173 cm³/mol. The van der Waals surface area contributed by atoms with Crippen LogP contribution in [-0.4, -0.2) is 103 Å². The maximum absolute atomic E-state index is 13.6. The first-order valence-electron chi connectivity index (χ1n) is 17.8. The minimum atomic E-state index is -1.01. The molecule has 4 heterocycles. The van der Waals surface area contributed by atoms with E-state index >= 15 is 0 Å². The minimum absolute atomic E-state index is 0.0182. The van der Waals surface area contributed by atoms with Crippen LogP contribution in [0.2, 0.25) is 0 Å². The third-order valence-corrected chi connectivity index (χ3v) is 11.5. The maximum atomic E-state index is 13.6. The molecule has 0 aromatic carbocycles. The molecule has 0 aromatic heterocycles. The summed E-state index contributed by atoms with van der Waals surface area (Å²) in [4.78, 5) is 27.1. The molecular formula is C34H59N5O7. The van der Waals surface area contributed by atoms with E-state index in [4.69, 9.17) is 25.7 Å². The third-order valence-electron chi connectivity index (χ3n) is 11.5. The van der Waals surface area contributed by atoms with Gasteiger partial charge in [-0.3, -0.25) is 4.79 Å². The molecule has 0 bridgehead atoms. The van der Waals surface area contributed by atoms with E-state index in [-0.39, 0.29) is 37.1 Å². The van der Waals surface area contributed by atoms with E-state index in [1.807, 2.05) is 20.8 Å². The summed E-state index contributed by atoms with van der Waals surface area (Å²) in [5.41, 5.74) is 12.1. The molecule has 12 nitrogen and oxygen atoms in total. The average Bonchev–Trinajstić information content (AvgIpc) is 3.03. The number of nitrogens with one attached hydrogen (secondary N) is 3. The number of allylic oxidation sites excluding steroid dienone is 1. The van der Waals surface area contributed by atoms with Crippen LogP contribution >= 0.6 is 0 Å². The number of aliphatic hydroxyl groups excluding tert-OH is 2. The molecule has 46 heavy (non-hydrogen) atoms. The highest BCUT2D eigenvalue weighted by Gasteiger charge is 2.61. The number of fused-ring (bicyclic) bond motifs is 2. The Bertz CT molecular complexity index is 1070. The normalized spacial score (nSPS) is 43.5. The summed E-state index contributed by atoms with van der Waals surface area (Å²) in [5, 5.41) is 31.8. The fourth-order valence-corrected chi connectivity index (χ4v) is 8.78. The molecule has 0 radical (unpaired) electrons. The Morgan fingerprint density at radius 1 is 1.15 bits per heavy atom. The van der Waals surface area contributed by atoms with Gasteiger partial charge in [-0.1, -0.05) is 13.0 Å². The van der Waals surface area contributed by atoms with Crippen molar-refractivity contribution in [3.63, 3.8) is 0 Å². The van der Waals surface area contributed by atoms with Crippen LogP contribution in [0.5, 0.6) is 0 Å². The number of ketones is 1. The Labute approximate surface area is 274 Å². The van der Waals surface area contributed by atoms with Crippen LogP contribution in [0.3, 0.4) is 0 Å². The van der Waals surface area contributed by atoms with Crippen molar-refractivity contribution in [1.82, 2.24) is 16.0 Å². The molecule has 5 rings (SSSR count). The number of carbonyl (C=O) groups is 2. The van der Waals surface area contributed by atoms with Gasteiger partial charge in [0.2, 0.25) is 0 Å². The standard InChI is InChI=1S/C34H59N5O7/c1-4-21(17-37-5-2)33(43)45-26-15-23-30(42)29-25(41)14-22(18-40)44-32(29)24(12-20-9-11-38-28(36)13-20)31(23)46-34(26,3)10-8-19-6-7-27(35)39-16-19/h4,19-20,22-24,26-32,37-40,42H,5-18,35-36H2,1-3H3/t19?,20?,22?,23?,24?,26-,27?,28?,29?,30?,31?,32?,34-/m0/s1. The molecule has 12 heteroatoms. The SMILES string of the molecule is CC=C(CNCC)C(=O)O[C@H]1CC2C(O)C3C(=O)CC(CO)OC3C(CC3CCNC(N)C3)C2O[C@@]1(C)CCC1CCC(N)NC1. The van der Waals surface area contributed by atoms with Crippen molar-refractivity contribution in [2.24, 2.45) is 41.1 Å². The summed E-state index contributed by atoms with van der Waals surface area (Å²) in [6.45, 7) is 8.39. The van der Waals surface area contributed by atoms with Gasteiger partial charge in [0, 0.05) is 30.4 Å². The van der Waals surface area contributed by atoms with Crippen LogP contribution in [0.25, 0.3) is 0 Å². The van der Waals surface area contributed by atoms with Crippen LogP contribution < -0.4 is 27.4 Å². The number of aliphatic hydroxyl groups is 2. The summed E-state index contributed by atoms with van der Waals surface area (Å²) in [7, 11) is 0. The topological polar surface area (TPSA) is 190 Å². The van der Waals surface area contributed by atoms with E-state index in [1.165, 1.54) is 0 Å². The largest absolute Gasteiger partial charge is 0.456 e. The fraction of sp³-hybridized carbons (Fsp3) is 0.882. The van der Waals surface area contributed by atoms with Crippen LogP contribution in [-0.2, 0) is 23.8 Å². The van der Waals surface area contributed by atoms with Gasteiger partial charge in [0.05, 0.1) is 49.3 Å². The van der Waals surface area contributed by atoms with Crippen molar-refractivity contribution in [2.45, 2.75) is 127 Å². The molecule has 13 atom stereocenters. The maximum Gasteiger partial charge on any atom is 0.335 e. The summed E-state index contributed by atoms with van der Waals surface area (Å²) in [5.74, 6) is -1.06. The van der Waals surface area contributed by atoms with E-state index in [1.54, 1.807) is 6.08 Å². The Morgan fingerprint density at radius 3 is 2.63 bits per heavy atom. The number of Topliss-reactive ketones (excluding diaryl/α,β-unsaturated/α-hetero) is 1. The van der Waals surface area contributed by atoms with Gasteiger partial charge in [-0.15, -0.1) is 0 Å². The van der Waals surface area contributed by atoms with Gasteiger partial charge >= 0.3 is 5.97 Å². The van der Waals surface area contributed by atoms with Crippen molar-refractivity contribution < 1.29 is 34.0 Å². The van der Waals surface area contributed by atoms with Gasteiger partial charge in [0.1, 0.15) is 17.5 Å². The predicted octanol–water partition coefficient (Wildman–Crippen LogP) is 0.683. The second-order valence-corrected chi connectivity index (χ2v) is 14.7. The molecule has 5 aliphatic rings. The number of hydrogen-bond acceptors (Lipinski definition) is 12. The van der Waals surface area contributed by atoms with Crippen molar-refractivity contribution in [3.8, 4) is 0 Å². The van der Waals surface area contributed by atoms with Crippen LogP contribution in [0, 0.1) is 29.6 Å². The zero-order chi connectivity index (χ0) is 33.0. The molecule has 1 aliphatic carbocycles. The quantitative estimate of drug-likeness (QED) is 0.123. The number of piperidine rings is 2. The molecule has 11 unspecified atom stereocenters. The molecule has 5 fully saturated rings. The molecule has 0 amide bonds. The monoisotopic (exact) mass is 649 g/mol. The first-order valence-corrected chi connectivity index (χ1v) is 17.8. The Hall–Kier alpha value is -1.48. The molecule has 262 valence electrons. The molecule has 9 N–H and O–H groups in total. The van der Waals surface area contributed by atoms with E-state index < -0.39 is 53.9 Å². The molecule has 0 aromatic rings. The fourth-order valence-electron chi connectivity index (χ4n) is 8.78. The second-order valence-electron chi connectivity index (χ2n) is 14.7. The second kappa shape index (κ2) is 15.8. The first-order chi connectivity index (χ1) is 22.1. The van der Waals surface area contributed by atoms with Crippen LogP contribution in [0.4, 0.5) is 0 Å². The summed E-state index contributed by atoms with van der Waals surface area (Å²) >= 11 is 0. The van der Waals surface area contributed by atoms with Gasteiger partial charge in [-0.05, 0) is 96.7 Å². The van der Waals surface area contributed by atoms with Crippen molar-refractivity contribution in [1.29, 1.82) is 0 Å². The van der Waals surface area contributed by atoms with E-state index in [0.29, 0.717) is 36.8 Å². The highest BCUT2D eigenvalue weighted by atomic mass is 16.6. The van der Waals surface area contributed by atoms with Crippen molar-refractivity contribution >= 4 is 11.8 Å².